The molecule has 2 aromatic carbocycles. The van der Waals surface area contributed by atoms with E-state index in [2.05, 4.69) is 60.1 Å². The third-order valence-electron chi connectivity index (χ3n) is 3.85. The summed E-state index contributed by atoms with van der Waals surface area (Å²) in [6.45, 7) is 4.35. The van der Waals surface area contributed by atoms with Gasteiger partial charge in [0.15, 0.2) is 0 Å². The molecular weight excluding hydrogens is 324 g/mol. The first-order valence-electron chi connectivity index (χ1n) is 7.41. The minimum atomic E-state index is 0.514. The fraction of sp³-hybridized carbons (Fsp3) is 0.368. The van der Waals surface area contributed by atoms with E-state index in [4.69, 9.17) is 4.74 Å². The van der Waals surface area contributed by atoms with Crippen LogP contribution in [-0.4, -0.2) is 11.9 Å². The van der Waals surface area contributed by atoms with Gasteiger partial charge in [0.05, 0.1) is 7.11 Å². The van der Waals surface area contributed by atoms with E-state index < -0.39 is 0 Å². The highest BCUT2D eigenvalue weighted by atomic mass is 79.9. The summed E-state index contributed by atoms with van der Waals surface area (Å²) in [7, 11) is 1.70. The molecule has 1 atom stereocenters. The van der Waals surface area contributed by atoms with E-state index in [0.717, 1.165) is 25.0 Å². The van der Waals surface area contributed by atoms with Gasteiger partial charge < -0.3 is 4.74 Å². The minimum absolute atomic E-state index is 0.514. The van der Waals surface area contributed by atoms with E-state index >= 15 is 0 Å². The third-order valence-corrected chi connectivity index (χ3v) is 4.63. The first-order valence-corrected chi connectivity index (χ1v) is 8.33. The SMILES string of the molecule is COc1ccc(CCC(Br)Cc2cc(C)ccc2C)cc1. The van der Waals surface area contributed by atoms with Gasteiger partial charge in [0.25, 0.3) is 0 Å². The number of rotatable bonds is 6. The second-order valence-corrected chi connectivity index (χ2v) is 6.91. The second-order valence-electron chi connectivity index (χ2n) is 5.62. The normalized spacial score (nSPS) is 12.2. The molecule has 1 nitrogen and oxygen atoms in total. The number of methoxy groups -OCH3 is 1. The highest BCUT2D eigenvalue weighted by Crippen LogP contribution is 2.20. The Bertz CT molecular complexity index is 575. The number of ether oxygens (including phenoxy) is 1. The Kier molecular flexibility index (Phi) is 5.86. The Balaban J connectivity index is 1.89. The molecule has 0 radical (unpaired) electrons. The molecule has 0 aliphatic heterocycles. The monoisotopic (exact) mass is 346 g/mol. The van der Waals surface area contributed by atoms with Gasteiger partial charge in [-0.2, -0.15) is 0 Å². The largest absolute Gasteiger partial charge is 0.497 e. The van der Waals surface area contributed by atoms with Crippen molar-refractivity contribution in [1.29, 1.82) is 0 Å². The summed E-state index contributed by atoms with van der Waals surface area (Å²) < 4.78 is 5.19. The van der Waals surface area contributed by atoms with E-state index in [0.29, 0.717) is 4.83 Å². The average Bonchev–Trinajstić information content (AvgIpc) is 2.49. The lowest BCUT2D eigenvalue weighted by Gasteiger charge is -2.13. The lowest BCUT2D eigenvalue weighted by molar-refractivity contribution is 0.414. The lowest BCUT2D eigenvalue weighted by atomic mass is 9.99. The first kappa shape index (κ1) is 16.1. The molecule has 2 aromatic rings. The highest BCUT2D eigenvalue weighted by molar-refractivity contribution is 9.09. The maximum atomic E-state index is 5.19. The molecule has 0 saturated heterocycles. The third kappa shape index (κ3) is 4.89. The fourth-order valence-corrected chi connectivity index (χ4v) is 3.05. The van der Waals surface area contributed by atoms with Crippen LogP contribution < -0.4 is 4.74 Å². The Hall–Kier alpha value is -1.28. The average molecular weight is 347 g/mol. The summed E-state index contributed by atoms with van der Waals surface area (Å²) in [5, 5.41) is 0. The predicted molar refractivity (Wildman–Crippen MR) is 93.7 cm³/mol. The summed E-state index contributed by atoms with van der Waals surface area (Å²) in [5.74, 6) is 0.921. The number of hydrogen-bond acceptors (Lipinski definition) is 1. The molecule has 1 unspecified atom stereocenters. The van der Waals surface area contributed by atoms with Crippen LogP contribution in [0.15, 0.2) is 42.5 Å². The Morgan fingerprint density at radius 2 is 1.76 bits per heavy atom. The van der Waals surface area contributed by atoms with Crippen LogP contribution >= 0.6 is 15.9 Å². The van der Waals surface area contributed by atoms with Crippen molar-refractivity contribution < 1.29 is 4.74 Å². The van der Waals surface area contributed by atoms with Gasteiger partial charge in [-0.1, -0.05) is 51.8 Å². The molecule has 112 valence electrons. The van der Waals surface area contributed by atoms with E-state index in [1.165, 1.54) is 22.3 Å². The molecular formula is C19H23BrO. The van der Waals surface area contributed by atoms with E-state index in [-0.39, 0.29) is 0 Å². The van der Waals surface area contributed by atoms with Crippen LogP contribution in [-0.2, 0) is 12.8 Å². The molecule has 0 saturated carbocycles. The van der Waals surface area contributed by atoms with Gasteiger partial charge in [-0.05, 0) is 61.9 Å². The van der Waals surface area contributed by atoms with Crippen LogP contribution in [0.4, 0.5) is 0 Å². The van der Waals surface area contributed by atoms with Gasteiger partial charge in [0.1, 0.15) is 5.75 Å². The lowest BCUT2D eigenvalue weighted by Crippen LogP contribution is -2.06. The molecule has 0 aliphatic carbocycles. The first-order chi connectivity index (χ1) is 10.1. The summed E-state index contributed by atoms with van der Waals surface area (Å²) >= 11 is 3.83. The zero-order chi connectivity index (χ0) is 15.2. The molecule has 0 fully saturated rings. The summed E-state index contributed by atoms with van der Waals surface area (Å²) in [6.07, 6.45) is 3.31. The standard InChI is InChI=1S/C19H23BrO/c1-14-4-5-15(2)17(12-14)13-18(20)9-6-16-7-10-19(21-3)11-8-16/h4-5,7-8,10-12,18H,6,9,13H2,1-3H3. The molecule has 0 spiro atoms. The Labute approximate surface area is 136 Å². The molecule has 0 aliphatic rings. The van der Waals surface area contributed by atoms with Crippen LogP contribution in [0.2, 0.25) is 0 Å². The second kappa shape index (κ2) is 7.65. The number of hydrogen-bond donors (Lipinski definition) is 0. The van der Waals surface area contributed by atoms with E-state index in [1.807, 2.05) is 12.1 Å². The fourth-order valence-electron chi connectivity index (χ4n) is 2.48. The van der Waals surface area contributed by atoms with Crippen LogP contribution in [0, 0.1) is 13.8 Å². The topological polar surface area (TPSA) is 9.23 Å². The van der Waals surface area contributed by atoms with Gasteiger partial charge in [0.2, 0.25) is 0 Å². The number of alkyl halides is 1. The van der Waals surface area contributed by atoms with Gasteiger partial charge in [-0.15, -0.1) is 0 Å². The zero-order valence-corrected chi connectivity index (χ0v) is 14.6. The molecule has 0 amide bonds. The number of halogens is 1. The summed E-state index contributed by atoms with van der Waals surface area (Å²) in [5.41, 5.74) is 5.53. The minimum Gasteiger partial charge on any atom is -0.497 e. The van der Waals surface area contributed by atoms with Gasteiger partial charge >= 0.3 is 0 Å². The van der Waals surface area contributed by atoms with Gasteiger partial charge in [0, 0.05) is 4.83 Å². The maximum Gasteiger partial charge on any atom is 0.118 e. The van der Waals surface area contributed by atoms with Crippen molar-refractivity contribution in [3.8, 4) is 5.75 Å². The number of benzene rings is 2. The van der Waals surface area contributed by atoms with E-state index in [1.54, 1.807) is 7.11 Å². The van der Waals surface area contributed by atoms with Crippen molar-refractivity contribution in [2.45, 2.75) is 37.9 Å². The smallest absolute Gasteiger partial charge is 0.118 e. The predicted octanol–water partition coefficient (Wildman–Crippen LogP) is 5.25. The van der Waals surface area contributed by atoms with Crippen molar-refractivity contribution in [1.82, 2.24) is 0 Å². The molecule has 2 rings (SSSR count). The maximum absolute atomic E-state index is 5.19. The molecule has 0 bridgehead atoms. The van der Waals surface area contributed by atoms with Crippen molar-refractivity contribution in [2.24, 2.45) is 0 Å². The molecule has 0 aromatic heterocycles. The molecule has 21 heavy (non-hydrogen) atoms. The van der Waals surface area contributed by atoms with Crippen LogP contribution in [0.1, 0.15) is 28.7 Å². The Morgan fingerprint density at radius 3 is 2.43 bits per heavy atom. The van der Waals surface area contributed by atoms with Gasteiger partial charge in [-0.3, -0.25) is 0 Å². The zero-order valence-electron chi connectivity index (χ0n) is 13.0. The van der Waals surface area contributed by atoms with Crippen molar-refractivity contribution in [3.05, 3.63) is 64.7 Å². The molecule has 2 heteroatoms. The van der Waals surface area contributed by atoms with Gasteiger partial charge in [-0.25, -0.2) is 0 Å². The highest BCUT2D eigenvalue weighted by Gasteiger charge is 2.08. The molecule has 0 N–H and O–H groups in total. The number of aryl methyl sites for hydroxylation is 3. The van der Waals surface area contributed by atoms with E-state index in [9.17, 15) is 0 Å². The quantitative estimate of drug-likeness (QED) is 0.649. The van der Waals surface area contributed by atoms with Crippen LogP contribution in [0.25, 0.3) is 0 Å². The summed E-state index contributed by atoms with van der Waals surface area (Å²) in [4.78, 5) is 0.514. The Morgan fingerprint density at radius 1 is 1.05 bits per heavy atom. The van der Waals surface area contributed by atoms with Crippen molar-refractivity contribution in [3.63, 3.8) is 0 Å². The molecule has 0 heterocycles. The van der Waals surface area contributed by atoms with Crippen molar-refractivity contribution >= 4 is 15.9 Å². The van der Waals surface area contributed by atoms with Crippen LogP contribution in [0.5, 0.6) is 5.75 Å². The van der Waals surface area contributed by atoms with Crippen molar-refractivity contribution in [2.75, 3.05) is 7.11 Å². The van der Waals surface area contributed by atoms with Crippen LogP contribution in [0.3, 0.4) is 0 Å². The summed E-state index contributed by atoms with van der Waals surface area (Å²) in [6, 6.07) is 15.1.